The van der Waals surface area contributed by atoms with Crippen LogP contribution in [0, 0.1) is 0 Å². The normalized spacial score (nSPS) is 16.4. The third kappa shape index (κ3) is 5.33. The summed E-state index contributed by atoms with van der Waals surface area (Å²) in [5, 5.41) is 2.63. The van der Waals surface area contributed by atoms with E-state index in [-0.39, 0.29) is 18.1 Å². The van der Waals surface area contributed by atoms with Gasteiger partial charge in [-0.2, -0.15) is 13.2 Å². The molecule has 0 radical (unpaired) electrons. The lowest BCUT2D eigenvalue weighted by Crippen LogP contribution is -2.50. The highest BCUT2D eigenvalue weighted by Gasteiger charge is 2.34. The molecule has 0 aromatic heterocycles. The molecule has 0 spiro atoms. The average Bonchev–Trinajstić information content (AvgIpc) is 2.78. The van der Waals surface area contributed by atoms with Crippen molar-refractivity contribution in [2.45, 2.75) is 6.18 Å². The van der Waals surface area contributed by atoms with E-state index < -0.39 is 17.6 Å². The van der Waals surface area contributed by atoms with Gasteiger partial charge in [0.25, 0.3) is 5.91 Å². The minimum absolute atomic E-state index is 0.0793. The molecule has 4 rings (SSSR count). The monoisotopic (exact) mass is 483 g/mol. The first-order valence-electron chi connectivity index (χ1n) is 10.3. The van der Waals surface area contributed by atoms with E-state index in [0.717, 1.165) is 6.07 Å². The molecule has 0 unspecified atom stereocenters. The summed E-state index contributed by atoms with van der Waals surface area (Å²) in [6, 6.07) is 7.97. The Bertz CT molecular complexity index is 1060. The van der Waals surface area contributed by atoms with Crippen LogP contribution in [0.25, 0.3) is 0 Å². The van der Waals surface area contributed by atoms with Crippen LogP contribution in [0.3, 0.4) is 0 Å². The molecule has 7 nitrogen and oxygen atoms in total. The van der Waals surface area contributed by atoms with E-state index in [9.17, 15) is 22.8 Å². The first kappa shape index (κ1) is 23.2. The molecule has 2 amide bonds. The first-order valence-corrected chi connectivity index (χ1v) is 10.7. The van der Waals surface area contributed by atoms with Gasteiger partial charge in [0.15, 0.2) is 11.5 Å². The Morgan fingerprint density at radius 2 is 1.73 bits per heavy atom. The number of amides is 2. The van der Waals surface area contributed by atoms with E-state index in [0.29, 0.717) is 61.5 Å². The maximum atomic E-state index is 13.1. The van der Waals surface area contributed by atoms with Crippen molar-refractivity contribution in [3.05, 3.63) is 52.5 Å². The fourth-order valence-corrected chi connectivity index (χ4v) is 4.02. The molecule has 11 heteroatoms. The number of rotatable bonds is 4. The predicted octanol–water partition coefficient (Wildman–Crippen LogP) is 3.53. The third-order valence-electron chi connectivity index (χ3n) is 5.38. The van der Waals surface area contributed by atoms with E-state index in [4.69, 9.17) is 21.1 Å². The fourth-order valence-electron chi connectivity index (χ4n) is 3.76. The summed E-state index contributed by atoms with van der Waals surface area (Å²) in [5.74, 6) is 0.0658. The van der Waals surface area contributed by atoms with E-state index in [1.807, 2.05) is 0 Å². The van der Waals surface area contributed by atoms with Crippen LogP contribution in [-0.4, -0.2) is 67.6 Å². The number of benzene rings is 2. The van der Waals surface area contributed by atoms with Crippen LogP contribution in [0.4, 0.5) is 18.9 Å². The second-order valence-corrected chi connectivity index (χ2v) is 8.05. The lowest BCUT2D eigenvalue weighted by atomic mass is 10.1. The van der Waals surface area contributed by atoms with E-state index in [1.54, 1.807) is 15.9 Å². The van der Waals surface area contributed by atoms with Crippen LogP contribution in [0.5, 0.6) is 11.5 Å². The van der Waals surface area contributed by atoms with Crippen molar-refractivity contribution in [3.8, 4) is 11.5 Å². The number of nitrogens with zero attached hydrogens (tertiary/aromatic N) is 2. The molecule has 176 valence electrons. The predicted molar refractivity (Wildman–Crippen MR) is 115 cm³/mol. The third-order valence-corrected chi connectivity index (χ3v) is 5.66. The number of hydrogen-bond donors (Lipinski definition) is 1. The van der Waals surface area contributed by atoms with Gasteiger partial charge in [0.1, 0.15) is 13.2 Å². The maximum Gasteiger partial charge on any atom is 0.418 e. The van der Waals surface area contributed by atoms with Gasteiger partial charge in [-0.15, -0.1) is 0 Å². The molecule has 0 atom stereocenters. The lowest BCUT2D eigenvalue weighted by molar-refractivity contribution is -0.137. The van der Waals surface area contributed by atoms with Crippen molar-refractivity contribution >= 4 is 29.1 Å². The minimum atomic E-state index is -4.56. The van der Waals surface area contributed by atoms with Gasteiger partial charge in [-0.25, -0.2) is 0 Å². The molecular formula is C22H21ClF3N3O4. The van der Waals surface area contributed by atoms with Crippen molar-refractivity contribution in [2.75, 3.05) is 51.3 Å². The Morgan fingerprint density at radius 3 is 2.45 bits per heavy atom. The van der Waals surface area contributed by atoms with Crippen molar-refractivity contribution in [3.63, 3.8) is 0 Å². The summed E-state index contributed by atoms with van der Waals surface area (Å²) < 4.78 is 50.3. The van der Waals surface area contributed by atoms with Crippen LogP contribution in [0.15, 0.2) is 36.4 Å². The van der Waals surface area contributed by atoms with Crippen molar-refractivity contribution in [1.29, 1.82) is 0 Å². The van der Waals surface area contributed by atoms with E-state index >= 15 is 0 Å². The molecule has 1 fully saturated rings. The van der Waals surface area contributed by atoms with Crippen molar-refractivity contribution in [2.24, 2.45) is 0 Å². The zero-order valence-corrected chi connectivity index (χ0v) is 18.2. The zero-order chi connectivity index (χ0) is 23.6. The molecule has 2 aromatic carbocycles. The van der Waals surface area contributed by atoms with Gasteiger partial charge in [0.05, 0.1) is 22.8 Å². The van der Waals surface area contributed by atoms with E-state index in [2.05, 4.69) is 5.32 Å². The highest BCUT2D eigenvalue weighted by Crippen LogP contribution is 2.38. The van der Waals surface area contributed by atoms with Gasteiger partial charge in [0.2, 0.25) is 5.91 Å². The SMILES string of the molecule is O=C(CN1CCN(C(=O)c2cc(Cl)c3c(c2)OCCO3)CC1)Nc1ccccc1C(F)(F)F. The highest BCUT2D eigenvalue weighted by atomic mass is 35.5. The summed E-state index contributed by atoms with van der Waals surface area (Å²) in [6.07, 6.45) is -4.56. The average molecular weight is 484 g/mol. The molecule has 2 aliphatic heterocycles. The van der Waals surface area contributed by atoms with Crippen molar-refractivity contribution < 1.29 is 32.2 Å². The smallest absolute Gasteiger partial charge is 0.418 e. The van der Waals surface area contributed by atoms with Crippen LogP contribution < -0.4 is 14.8 Å². The second kappa shape index (κ2) is 9.48. The summed E-state index contributed by atoms with van der Waals surface area (Å²) in [7, 11) is 0. The molecule has 2 aromatic rings. The number of carbonyl (C=O) groups is 2. The van der Waals surface area contributed by atoms with Gasteiger partial charge in [-0.3, -0.25) is 14.5 Å². The topological polar surface area (TPSA) is 71.1 Å². The molecule has 33 heavy (non-hydrogen) atoms. The number of alkyl halides is 3. The molecule has 0 saturated carbocycles. The van der Waals surface area contributed by atoms with Gasteiger partial charge in [-0.05, 0) is 24.3 Å². The molecule has 2 heterocycles. The van der Waals surface area contributed by atoms with Gasteiger partial charge in [-0.1, -0.05) is 23.7 Å². The number of fused-ring (bicyclic) bond motifs is 1. The molecule has 0 aliphatic carbocycles. The largest absolute Gasteiger partial charge is 0.486 e. The summed E-state index contributed by atoms with van der Waals surface area (Å²) in [4.78, 5) is 28.7. The number of nitrogens with one attached hydrogen (secondary N) is 1. The summed E-state index contributed by atoms with van der Waals surface area (Å²) in [5.41, 5.74) is -0.801. The van der Waals surface area contributed by atoms with Crippen LogP contribution in [0.2, 0.25) is 5.02 Å². The Labute approximate surface area is 193 Å². The fraction of sp³-hybridized carbons (Fsp3) is 0.364. The standard InChI is InChI=1S/C22H21ClF3N3O4/c23-16-11-14(12-18-20(16)33-10-9-32-18)21(31)29-7-5-28(6-8-29)13-19(30)27-17-4-2-1-3-15(17)22(24,25)26/h1-4,11-12H,5-10,13H2,(H,27,30). The number of carbonyl (C=O) groups excluding carboxylic acids is 2. The Morgan fingerprint density at radius 1 is 1.03 bits per heavy atom. The molecule has 0 bridgehead atoms. The molecule has 1 N–H and O–H groups in total. The lowest BCUT2D eigenvalue weighted by Gasteiger charge is -2.34. The number of hydrogen-bond acceptors (Lipinski definition) is 5. The Kier molecular flexibility index (Phi) is 6.66. The Balaban J connectivity index is 1.33. The summed E-state index contributed by atoms with van der Waals surface area (Å²) in [6.45, 7) is 2.20. The van der Waals surface area contributed by atoms with Crippen LogP contribution in [0.1, 0.15) is 15.9 Å². The molecule has 2 aliphatic rings. The van der Waals surface area contributed by atoms with Gasteiger partial charge in [0, 0.05) is 31.7 Å². The number of anilines is 1. The highest BCUT2D eigenvalue weighted by molar-refractivity contribution is 6.32. The van der Waals surface area contributed by atoms with Crippen LogP contribution >= 0.6 is 11.6 Å². The summed E-state index contributed by atoms with van der Waals surface area (Å²) >= 11 is 6.22. The number of piperazine rings is 1. The number of ether oxygens (including phenoxy) is 2. The zero-order valence-electron chi connectivity index (χ0n) is 17.5. The van der Waals surface area contributed by atoms with Gasteiger partial charge < -0.3 is 19.7 Å². The number of para-hydroxylation sites is 1. The van der Waals surface area contributed by atoms with Gasteiger partial charge >= 0.3 is 6.18 Å². The van der Waals surface area contributed by atoms with Crippen LogP contribution in [-0.2, 0) is 11.0 Å². The van der Waals surface area contributed by atoms with E-state index in [1.165, 1.54) is 24.3 Å². The number of halogens is 4. The van der Waals surface area contributed by atoms with Crippen molar-refractivity contribution in [1.82, 2.24) is 9.80 Å². The maximum absolute atomic E-state index is 13.1. The minimum Gasteiger partial charge on any atom is -0.486 e. The first-order chi connectivity index (χ1) is 15.7. The molecular weight excluding hydrogens is 463 g/mol. The second-order valence-electron chi connectivity index (χ2n) is 7.64. The Hall–Kier alpha value is -2.98. The quantitative estimate of drug-likeness (QED) is 0.720. The molecule has 1 saturated heterocycles.